The molecule has 0 fully saturated rings. The lowest BCUT2D eigenvalue weighted by molar-refractivity contribution is 0.0865. The molecule has 0 radical (unpaired) electrons. The van der Waals surface area contributed by atoms with E-state index < -0.39 is 0 Å². The number of Topliss-reactive ketones (excluding diaryl/α,β-unsaturated/α-hetero) is 1. The maximum Gasteiger partial charge on any atom is 0.232 e. The molecule has 1 aromatic heterocycles. The van der Waals surface area contributed by atoms with Gasteiger partial charge >= 0.3 is 0 Å². The van der Waals surface area contributed by atoms with Crippen LogP contribution in [0.1, 0.15) is 33.0 Å². The summed E-state index contributed by atoms with van der Waals surface area (Å²) in [6, 6.07) is 15.2. The Bertz CT molecular complexity index is 1160. The summed E-state index contributed by atoms with van der Waals surface area (Å²) in [6.45, 7) is 3.58. The Morgan fingerprint density at radius 3 is 2.80 bits per heavy atom. The minimum Gasteiger partial charge on any atom is -0.496 e. The molecule has 0 N–H and O–H groups in total. The number of carbonyl (C=O) groups excluding carboxylic acids is 1. The van der Waals surface area contributed by atoms with Crippen LogP contribution in [0.15, 0.2) is 58.7 Å². The molecule has 0 saturated carbocycles. The third kappa shape index (κ3) is 3.25. The van der Waals surface area contributed by atoms with Gasteiger partial charge in [-0.05, 0) is 37.3 Å². The van der Waals surface area contributed by atoms with Crippen molar-refractivity contribution in [2.45, 2.75) is 20.0 Å². The second kappa shape index (κ2) is 7.39. The normalized spacial score (nSPS) is 16.7. The van der Waals surface area contributed by atoms with Crippen molar-refractivity contribution in [3.05, 3.63) is 82.5 Å². The SMILES string of the molecule is COc1ccccc1CN1COc2ccc3c(c2C1)O/C(=C\c1ccc(C)o1)C3=O. The Hall–Kier alpha value is -3.51. The molecule has 2 aliphatic rings. The molecule has 6 nitrogen and oxygen atoms in total. The van der Waals surface area contributed by atoms with E-state index in [4.69, 9.17) is 18.6 Å². The lowest BCUT2D eigenvalue weighted by Gasteiger charge is -2.30. The first-order chi connectivity index (χ1) is 14.6. The van der Waals surface area contributed by atoms with Gasteiger partial charge in [-0.3, -0.25) is 9.69 Å². The fourth-order valence-electron chi connectivity index (χ4n) is 3.84. The number of ketones is 1. The van der Waals surface area contributed by atoms with Gasteiger partial charge in [0.05, 0.1) is 18.2 Å². The quantitative estimate of drug-likeness (QED) is 0.595. The maximum absolute atomic E-state index is 12.8. The standard InChI is InChI=1S/C24H21NO5/c1-15-7-8-17(29-15)11-22-23(26)18-9-10-21-19(24(18)30-22)13-25(14-28-21)12-16-5-3-4-6-20(16)27-2/h3-11H,12-14H2,1-2H3/b22-11-. The van der Waals surface area contributed by atoms with E-state index in [1.54, 1.807) is 19.3 Å². The number of benzene rings is 2. The van der Waals surface area contributed by atoms with Crippen molar-refractivity contribution < 1.29 is 23.4 Å². The number of aryl methyl sites for hydroxylation is 1. The van der Waals surface area contributed by atoms with Crippen LogP contribution in [0.3, 0.4) is 0 Å². The highest BCUT2D eigenvalue weighted by Gasteiger charge is 2.34. The molecule has 0 atom stereocenters. The Kier molecular flexibility index (Phi) is 4.56. The number of nitrogens with zero attached hydrogens (tertiary/aromatic N) is 1. The fraction of sp³-hybridized carbons (Fsp3) is 0.208. The van der Waals surface area contributed by atoms with Gasteiger partial charge in [0.2, 0.25) is 5.78 Å². The van der Waals surface area contributed by atoms with Gasteiger partial charge in [0.25, 0.3) is 0 Å². The molecule has 3 heterocycles. The van der Waals surface area contributed by atoms with Gasteiger partial charge in [-0.1, -0.05) is 18.2 Å². The summed E-state index contributed by atoms with van der Waals surface area (Å²) in [7, 11) is 1.67. The summed E-state index contributed by atoms with van der Waals surface area (Å²) in [5, 5.41) is 0. The lowest BCUT2D eigenvalue weighted by Crippen LogP contribution is -2.31. The second-order valence-corrected chi connectivity index (χ2v) is 7.38. The van der Waals surface area contributed by atoms with Crippen molar-refractivity contribution in [2.24, 2.45) is 0 Å². The number of hydrogen-bond donors (Lipinski definition) is 0. The van der Waals surface area contributed by atoms with Crippen LogP contribution in [0, 0.1) is 6.92 Å². The zero-order chi connectivity index (χ0) is 20.7. The molecule has 6 heteroatoms. The van der Waals surface area contributed by atoms with Crippen molar-refractivity contribution in [3.63, 3.8) is 0 Å². The van der Waals surface area contributed by atoms with Gasteiger partial charge < -0.3 is 18.6 Å². The van der Waals surface area contributed by atoms with E-state index in [-0.39, 0.29) is 11.5 Å². The van der Waals surface area contributed by atoms with Crippen LogP contribution in [0.4, 0.5) is 0 Å². The van der Waals surface area contributed by atoms with Crippen molar-refractivity contribution in [1.29, 1.82) is 0 Å². The van der Waals surface area contributed by atoms with Crippen molar-refractivity contribution in [3.8, 4) is 17.2 Å². The highest BCUT2D eigenvalue weighted by molar-refractivity contribution is 6.14. The van der Waals surface area contributed by atoms with E-state index in [0.29, 0.717) is 36.9 Å². The van der Waals surface area contributed by atoms with Gasteiger partial charge in [0.15, 0.2) is 5.76 Å². The smallest absolute Gasteiger partial charge is 0.232 e. The van der Waals surface area contributed by atoms with Crippen LogP contribution in [0.25, 0.3) is 6.08 Å². The highest BCUT2D eigenvalue weighted by Crippen LogP contribution is 2.42. The molecule has 0 amide bonds. The number of allylic oxidation sites excluding steroid dienone is 1. The summed E-state index contributed by atoms with van der Waals surface area (Å²) in [4.78, 5) is 15.0. The topological polar surface area (TPSA) is 61.1 Å². The first kappa shape index (κ1) is 18.5. The van der Waals surface area contributed by atoms with Crippen LogP contribution in [0.2, 0.25) is 0 Å². The summed E-state index contributed by atoms with van der Waals surface area (Å²) in [5.74, 6) is 3.63. The first-order valence-electron chi connectivity index (χ1n) is 9.76. The third-order valence-electron chi connectivity index (χ3n) is 5.30. The fourth-order valence-corrected chi connectivity index (χ4v) is 3.84. The number of fused-ring (bicyclic) bond motifs is 3. The zero-order valence-electron chi connectivity index (χ0n) is 16.8. The molecular weight excluding hydrogens is 382 g/mol. The average molecular weight is 403 g/mol. The Balaban J connectivity index is 1.43. The van der Waals surface area contributed by atoms with Gasteiger partial charge in [0.1, 0.15) is 35.5 Å². The largest absolute Gasteiger partial charge is 0.496 e. The lowest BCUT2D eigenvalue weighted by atomic mass is 10.0. The summed E-state index contributed by atoms with van der Waals surface area (Å²) < 4.78 is 23.0. The first-order valence-corrected chi connectivity index (χ1v) is 9.76. The molecule has 0 spiro atoms. The average Bonchev–Trinajstić information content (AvgIpc) is 3.31. The number of ether oxygens (including phenoxy) is 3. The molecule has 0 unspecified atom stereocenters. The molecule has 0 bridgehead atoms. The van der Waals surface area contributed by atoms with Gasteiger partial charge in [0, 0.05) is 24.7 Å². The highest BCUT2D eigenvalue weighted by atomic mass is 16.5. The van der Waals surface area contributed by atoms with Crippen molar-refractivity contribution in [2.75, 3.05) is 13.8 Å². The second-order valence-electron chi connectivity index (χ2n) is 7.38. The predicted octanol–water partition coefficient (Wildman–Crippen LogP) is 4.56. The summed E-state index contributed by atoms with van der Waals surface area (Å²) >= 11 is 0. The van der Waals surface area contributed by atoms with Crippen LogP contribution < -0.4 is 14.2 Å². The van der Waals surface area contributed by atoms with Crippen molar-refractivity contribution in [1.82, 2.24) is 4.90 Å². The summed E-state index contributed by atoms with van der Waals surface area (Å²) in [5.41, 5.74) is 2.50. The Morgan fingerprint density at radius 1 is 1.13 bits per heavy atom. The Labute approximate surface area is 174 Å². The molecule has 152 valence electrons. The third-order valence-corrected chi connectivity index (χ3v) is 5.30. The van der Waals surface area contributed by atoms with Crippen LogP contribution in [0.5, 0.6) is 17.2 Å². The molecule has 0 aliphatic carbocycles. The van der Waals surface area contributed by atoms with Gasteiger partial charge in [-0.25, -0.2) is 0 Å². The molecule has 2 aromatic carbocycles. The van der Waals surface area contributed by atoms with Crippen LogP contribution in [-0.4, -0.2) is 24.5 Å². The van der Waals surface area contributed by atoms with E-state index in [1.165, 1.54) is 0 Å². The number of hydrogen-bond acceptors (Lipinski definition) is 6. The van der Waals surface area contributed by atoms with Gasteiger partial charge in [-0.15, -0.1) is 0 Å². The van der Waals surface area contributed by atoms with Gasteiger partial charge in [-0.2, -0.15) is 0 Å². The van der Waals surface area contributed by atoms with E-state index in [2.05, 4.69) is 4.90 Å². The zero-order valence-corrected chi connectivity index (χ0v) is 16.8. The van der Waals surface area contributed by atoms with Crippen molar-refractivity contribution >= 4 is 11.9 Å². The molecule has 3 aromatic rings. The molecule has 30 heavy (non-hydrogen) atoms. The predicted molar refractivity (Wildman–Crippen MR) is 111 cm³/mol. The molecule has 2 aliphatic heterocycles. The van der Waals surface area contributed by atoms with Crippen LogP contribution >= 0.6 is 0 Å². The molecule has 0 saturated heterocycles. The number of rotatable bonds is 4. The van der Waals surface area contributed by atoms with E-state index in [0.717, 1.165) is 28.4 Å². The number of carbonyl (C=O) groups is 1. The van der Waals surface area contributed by atoms with E-state index in [1.807, 2.05) is 49.4 Å². The number of methoxy groups -OCH3 is 1. The monoisotopic (exact) mass is 403 g/mol. The van der Waals surface area contributed by atoms with Crippen LogP contribution in [-0.2, 0) is 13.1 Å². The number of para-hydroxylation sites is 1. The molecule has 5 rings (SSSR count). The Morgan fingerprint density at radius 2 is 2.00 bits per heavy atom. The minimum atomic E-state index is -0.149. The minimum absolute atomic E-state index is 0.149. The summed E-state index contributed by atoms with van der Waals surface area (Å²) in [6.07, 6.45) is 1.64. The number of furan rings is 1. The van der Waals surface area contributed by atoms with E-state index in [9.17, 15) is 4.79 Å². The maximum atomic E-state index is 12.8. The molecular formula is C24H21NO5. The van der Waals surface area contributed by atoms with E-state index >= 15 is 0 Å².